The van der Waals surface area contributed by atoms with E-state index in [1.165, 1.54) is 0 Å². The van der Waals surface area contributed by atoms with Crippen molar-refractivity contribution < 1.29 is 9.47 Å². The fraction of sp³-hybridized carbons (Fsp3) is 0.130. The summed E-state index contributed by atoms with van der Waals surface area (Å²) in [7, 11) is 1.68. The molecule has 0 aliphatic carbocycles. The number of fused-ring (bicyclic) bond motifs is 1. The van der Waals surface area contributed by atoms with E-state index < -0.39 is 0 Å². The molecule has 2 aromatic carbocycles. The molecule has 0 saturated carbocycles. The molecule has 0 bridgehead atoms. The van der Waals surface area contributed by atoms with Gasteiger partial charge in [0.1, 0.15) is 23.9 Å². The lowest BCUT2D eigenvalue weighted by molar-refractivity contribution is 0.309. The van der Waals surface area contributed by atoms with E-state index in [2.05, 4.69) is 10.3 Å². The van der Waals surface area contributed by atoms with Gasteiger partial charge in [-0.25, -0.2) is 4.98 Å². The van der Waals surface area contributed by atoms with Crippen molar-refractivity contribution >= 4 is 16.7 Å². The summed E-state index contributed by atoms with van der Waals surface area (Å²) in [6.45, 7) is 1.11. The highest BCUT2D eigenvalue weighted by Gasteiger charge is 2.06. The Morgan fingerprint density at radius 1 is 0.893 bits per heavy atom. The summed E-state index contributed by atoms with van der Waals surface area (Å²) in [6.07, 6.45) is 3.56. The van der Waals surface area contributed by atoms with Crippen molar-refractivity contribution in [3.63, 3.8) is 0 Å². The average molecular weight is 371 g/mol. The Balaban J connectivity index is 1.50. The monoisotopic (exact) mass is 371 g/mol. The number of ether oxygens (including phenoxy) is 2. The molecule has 28 heavy (non-hydrogen) atoms. The number of benzene rings is 2. The van der Waals surface area contributed by atoms with Crippen molar-refractivity contribution in [2.45, 2.75) is 13.2 Å². The van der Waals surface area contributed by atoms with E-state index in [0.717, 1.165) is 39.3 Å². The first-order valence-electron chi connectivity index (χ1n) is 9.11. The normalized spacial score (nSPS) is 10.6. The molecule has 0 aliphatic rings. The van der Waals surface area contributed by atoms with Crippen LogP contribution in [0.2, 0.25) is 0 Å². The zero-order chi connectivity index (χ0) is 19.2. The van der Waals surface area contributed by atoms with Gasteiger partial charge >= 0.3 is 0 Å². The number of para-hydroxylation sites is 1. The third-order valence-corrected chi connectivity index (χ3v) is 4.46. The van der Waals surface area contributed by atoms with Crippen molar-refractivity contribution in [3.8, 4) is 11.5 Å². The lowest BCUT2D eigenvalue weighted by atomic mass is 10.2. The van der Waals surface area contributed by atoms with Crippen LogP contribution >= 0.6 is 0 Å². The van der Waals surface area contributed by atoms with Gasteiger partial charge in [-0.3, -0.25) is 4.98 Å². The maximum Gasteiger partial charge on any atom is 0.129 e. The highest BCUT2D eigenvalue weighted by molar-refractivity contribution is 5.86. The minimum absolute atomic E-state index is 0.473. The highest BCUT2D eigenvalue weighted by atomic mass is 16.5. The van der Waals surface area contributed by atoms with Gasteiger partial charge in [-0.1, -0.05) is 30.3 Å². The van der Waals surface area contributed by atoms with Crippen LogP contribution in [0.15, 0.2) is 79.1 Å². The molecule has 1 N–H and O–H groups in total. The van der Waals surface area contributed by atoms with Crippen LogP contribution in [-0.2, 0) is 13.2 Å². The number of methoxy groups -OCH3 is 1. The van der Waals surface area contributed by atoms with Crippen molar-refractivity contribution in [1.29, 1.82) is 0 Å². The van der Waals surface area contributed by atoms with Crippen LogP contribution < -0.4 is 14.8 Å². The molecule has 0 amide bonds. The molecular weight excluding hydrogens is 350 g/mol. The predicted octanol–water partition coefficient (Wildman–Crippen LogP) is 4.83. The van der Waals surface area contributed by atoms with E-state index in [0.29, 0.717) is 13.2 Å². The van der Waals surface area contributed by atoms with Gasteiger partial charge in [-0.05, 0) is 36.4 Å². The zero-order valence-electron chi connectivity index (χ0n) is 15.6. The summed E-state index contributed by atoms with van der Waals surface area (Å²) in [6, 6.07) is 21.8. The van der Waals surface area contributed by atoms with Gasteiger partial charge in [0.2, 0.25) is 0 Å². The van der Waals surface area contributed by atoms with Crippen LogP contribution in [0.25, 0.3) is 10.9 Å². The van der Waals surface area contributed by atoms with Crippen LogP contribution in [0.1, 0.15) is 11.1 Å². The molecule has 4 aromatic rings. The Morgan fingerprint density at radius 3 is 2.64 bits per heavy atom. The summed E-state index contributed by atoms with van der Waals surface area (Å²) in [4.78, 5) is 8.84. The molecule has 140 valence electrons. The molecule has 0 radical (unpaired) electrons. The Hall–Kier alpha value is -3.60. The number of rotatable bonds is 7. The number of hydrogen-bond acceptors (Lipinski definition) is 5. The van der Waals surface area contributed by atoms with Gasteiger partial charge in [0.15, 0.2) is 0 Å². The Bertz CT molecular complexity index is 1070. The molecule has 4 rings (SSSR count). The molecular formula is C23H21N3O2. The minimum Gasteiger partial charge on any atom is -0.496 e. The first kappa shape index (κ1) is 17.8. The molecule has 0 saturated heterocycles. The van der Waals surface area contributed by atoms with E-state index in [1.807, 2.05) is 72.9 Å². The third kappa shape index (κ3) is 4.04. The molecule has 2 aromatic heterocycles. The number of nitrogens with zero attached hydrogens (tertiary/aromatic N) is 2. The maximum absolute atomic E-state index is 5.99. The van der Waals surface area contributed by atoms with Gasteiger partial charge in [-0.2, -0.15) is 0 Å². The number of hydrogen-bond donors (Lipinski definition) is 1. The standard InChI is InChI=1S/C23H21N3O2/c1-27-21-9-3-2-7-18(21)15-25-23-12-11-19-20(26-23)8-4-10-22(19)28-16-17-6-5-13-24-14-17/h2-14H,15-16H2,1H3,(H,25,26). The van der Waals surface area contributed by atoms with Crippen molar-refractivity contribution in [2.75, 3.05) is 12.4 Å². The summed E-state index contributed by atoms with van der Waals surface area (Å²) in [5, 5.41) is 4.35. The highest BCUT2D eigenvalue weighted by Crippen LogP contribution is 2.27. The largest absolute Gasteiger partial charge is 0.496 e. The topological polar surface area (TPSA) is 56.3 Å². The van der Waals surface area contributed by atoms with Gasteiger partial charge in [-0.15, -0.1) is 0 Å². The molecule has 0 fully saturated rings. The first-order valence-corrected chi connectivity index (χ1v) is 9.11. The number of pyridine rings is 2. The number of aromatic nitrogens is 2. The Kier molecular flexibility index (Phi) is 5.33. The van der Waals surface area contributed by atoms with E-state index in [-0.39, 0.29) is 0 Å². The lowest BCUT2D eigenvalue weighted by Gasteiger charge is -2.12. The first-order chi connectivity index (χ1) is 13.8. The smallest absolute Gasteiger partial charge is 0.129 e. The molecule has 0 spiro atoms. The summed E-state index contributed by atoms with van der Waals surface area (Å²) in [5.41, 5.74) is 3.00. The SMILES string of the molecule is COc1ccccc1CNc1ccc2c(OCc3cccnc3)cccc2n1. The fourth-order valence-electron chi connectivity index (χ4n) is 3.03. The second-order valence-electron chi connectivity index (χ2n) is 6.33. The second-order valence-corrected chi connectivity index (χ2v) is 6.33. The van der Waals surface area contributed by atoms with Gasteiger partial charge in [0, 0.05) is 35.5 Å². The minimum atomic E-state index is 0.473. The van der Waals surface area contributed by atoms with E-state index >= 15 is 0 Å². The lowest BCUT2D eigenvalue weighted by Crippen LogP contribution is -2.03. The van der Waals surface area contributed by atoms with Crippen LogP contribution in [0.3, 0.4) is 0 Å². The van der Waals surface area contributed by atoms with Gasteiger partial charge < -0.3 is 14.8 Å². The van der Waals surface area contributed by atoms with Crippen LogP contribution in [0.5, 0.6) is 11.5 Å². The zero-order valence-corrected chi connectivity index (χ0v) is 15.6. The van der Waals surface area contributed by atoms with Gasteiger partial charge in [0.25, 0.3) is 0 Å². The quantitative estimate of drug-likeness (QED) is 0.504. The van der Waals surface area contributed by atoms with Crippen molar-refractivity contribution in [1.82, 2.24) is 9.97 Å². The molecule has 5 heteroatoms. The maximum atomic E-state index is 5.99. The van der Waals surface area contributed by atoms with E-state index in [4.69, 9.17) is 14.5 Å². The molecule has 5 nitrogen and oxygen atoms in total. The summed E-state index contributed by atoms with van der Waals surface area (Å²) < 4.78 is 11.4. The Labute approximate surface area is 164 Å². The molecule has 2 heterocycles. The van der Waals surface area contributed by atoms with E-state index in [1.54, 1.807) is 13.3 Å². The van der Waals surface area contributed by atoms with Crippen molar-refractivity contribution in [2.24, 2.45) is 0 Å². The average Bonchev–Trinajstić information content (AvgIpc) is 2.77. The second kappa shape index (κ2) is 8.39. The predicted molar refractivity (Wildman–Crippen MR) is 111 cm³/mol. The van der Waals surface area contributed by atoms with Crippen LogP contribution in [-0.4, -0.2) is 17.1 Å². The number of anilines is 1. The molecule has 0 aliphatic heterocycles. The van der Waals surface area contributed by atoms with E-state index in [9.17, 15) is 0 Å². The molecule has 0 atom stereocenters. The fourth-order valence-corrected chi connectivity index (χ4v) is 3.03. The van der Waals surface area contributed by atoms with Crippen molar-refractivity contribution in [3.05, 3.63) is 90.3 Å². The third-order valence-electron chi connectivity index (χ3n) is 4.46. The molecule has 0 unspecified atom stereocenters. The summed E-state index contributed by atoms with van der Waals surface area (Å²) >= 11 is 0. The Morgan fingerprint density at radius 2 is 1.79 bits per heavy atom. The van der Waals surface area contributed by atoms with Crippen LogP contribution in [0, 0.1) is 0 Å². The van der Waals surface area contributed by atoms with Gasteiger partial charge in [0.05, 0.1) is 12.6 Å². The summed E-state index contributed by atoms with van der Waals surface area (Å²) in [5.74, 6) is 2.48. The number of nitrogens with one attached hydrogen (secondary N) is 1. The van der Waals surface area contributed by atoms with Crippen LogP contribution in [0.4, 0.5) is 5.82 Å².